The van der Waals surface area contributed by atoms with Crippen LogP contribution in [0.4, 0.5) is 8.78 Å². The van der Waals surface area contributed by atoms with Gasteiger partial charge in [-0.25, -0.2) is 8.78 Å². The zero-order chi connectivity index (χ0) is 13.1. The fourth-order valence-electron chi connectivity index (χ4n) is 1.87. The smallest absolute Gasteiger partial charge is 0.134 e. The molecule has 18 heavy (non-hydrogen) atoms. The van der Waals surface area contributed by atoms with E-state index in [-0.39, 0.29) is 11.6 Å². The zero-order valence-electron chi connectivity index (χ0n) is 10.1. The summed E-state index contributed by atoms with van der Waals surface area (Å²) in [5.74, 6) is -1.07. The Bertz CT molecular complexity index is 516. The molecule has 0 fully saturated rings. The van der Waals surface area contributed by atoms with E-state index in [1.165, 1.54) is 29.5 Å². The van der Waals surface area contributed by atoms with Crippen LogP contribution in [-0.4, -0.2) is 0 Å². The third kappa shape index (κ3) is 2.60. The second-order valence-corrected chi connectivity index (χ2v) is 5.31. The van der Waals surface area contributed by atoms with Gasteiger partial charge in [-0.3, -0.25) is 0 Å². The lowest BCUT2D eigenvalue weighted by Crippen LogP contribution is -2.07. The molecule has 0 bridgehead atoms. The lowest BCUT2D eigenvalue weighted by molar-refractivity contribution is 0.590. The molecule has 0 radical (unpaired) electrons. The van der Waals surface area contributed by atoms with Crippen LogP contribution in [0.3, 0.4) is 0 Å². The highest BCUT2D eigenvalue weighted by Gasteiger charge is 2.15. The van der Waals surface area contributed by atoms with Crippen LogP contribution in [0, 0.1) is 11.6 Å². The summed E-state index contributed by atoms with van der Waals surface area (Å²) in [6.45, 7) is 2.06. The Kier molecular flexibility index (Phi) is 4.09. The molecule has 2 N–H and O–H groups in total. The molecular formula is C14H15F2NS. The quantitative estimate of drug-likeness (QED) is 0.867. The number of rotatable bonds is 4. The summed E-state index contributed by atoms with van der Waals surface area (Å²) < 4.78 is 27.3. The van der Waals surface area contributed by atoms with Gasteiger partial charge in [-0.1, -0.05) is 19.4 Å². The maximum Gasteiger partial charge on any atom is 0.134 e. The van der Waals surface area contributed by atoms with Crippen molar-refractivity contribution >= 4 is 11.3 Å². The van der Waals surface area contributed by atoms with E-state index in [2.05, 4.69) is 6.92 Å². The molecule has 1 unspecified atom stereocenters. The Hall–Kier alpha value is -1.26. The summed E-state index contributed by atoms with van der Waals surface area (Å²) in [6.07, 6.45) is 1.86. The number of nitrogens with two attached hydrogens (primary N) is 1. The lowest BCUT2D eigenvalue weighted by Gasteiger charge is -2.06. The molecule has 1 nitrogen and oxygen atoms in total. The van der Waals surface area contributed by atoms with Gasteiger partial charge >= 0.3 is 0 Å². The summed E-state index contributed by atoms with van der Waals surface area (Å²) in [5.41, 5.74) is 6.04. The molecule has 0 spiro atoms. The van der Waals surface area contributed by atoms with Crippen molar-refractivity contribution in [2.75, 3.05) is 0 Å². The normalized spacial score (nSPS) is 12.7. The minimum atomic E-state index is -0.535. The van der Waals surface area contributed by atoms with Crippen molar-refractivity contribution in [3.05, 3.63) is 46.8 Å². The first-order valence-electron chi connectivity index (χ1n) is 5.93. The van der Waals surface area contributed by atoms with Crippen molar-refractivity contribution in [3.63, 3.8) is 0 Å². The number of hydrogen-bond donors (Lipinski definition) is 1. The van der Waals surface area contributed by atoms with E-state index in [9.17, 15) is 8.78 Å². The number of thiophene rings is 1. The highest BCUT2D eigenvalue weighted by molar-refractivity contribution is 7.15. The van der Waals surface area contributed by atoms with Gasteiger partial charge in [-0.15, -0.1) is 11.3 Å². The SMILES string of the molecule is CCCC(N)c1ccc(-c2c(F)cccc2F)s1. The van der Waals surface area contributed by atoms with Crippen LogP contribution >= 0.6 is 11.3 Å². The molecular weight excluding hydrogens is 252 g/mol. The molecule has 2 aromatic rings. The maximum absolute atomic E-state index is 13.6. The predicted octanol–water partition coefficient (Wildman–Crippen LogP) is 4.49. The fourth-order valence-corrected chi connectivity index (χ4v) is 2.97. The molecule has 1 heterocycles. The number of halogens is 2. The summed E-state index contributed by atoms with van der Waals surface area (Å²) in [7, 11) is 0. The van der Waals surface area contributed by atoms with Gasteiger partial charge in [0.05, 0.1) is 5.56 Å². The molecule has 1 aromatic carbocycles. The van der Waals surface area contributed by atoms with Crippen molar-refractivity contribution in [1.82, 2.24) is 0 Å². The van der Waals surface area contributed by atoms with Gasteiger partial charge in [0.1, 0.15) is 11.6 Å². The lowest BCUT2D eigenvalue weighted by atomic mass is 10.1. The average molecular weight is 267 g/mol. The van der Waals surface area contributed by atoms with E-state index in [0.29, 0.717) is 4.88 Å². The Morgan fingerprint density at radius 2 is 1.83 bits per heavy atom. The fraction of sp³-hybridized carbons (Fsp3) is 0.286. The Morgan fingerprint density at radius 3 is 2.44 bits per heavy atom. The molecule has 0 amide bonds. The van der Waals surface area contributed by atoms with Crippen molar-refractivity contribution < 1.29 is 8.78 Å². The predicted molar refractivity (Wildman–Crippen MR) is 71.5 cm³/mol. The largest absolute Gasteiger partial charge is 0.323 e. The second kappa shape index (κ2) is 5.59. The van der Waals surface area contributed by atoms with Crippen LogP contribution in [-0.2, 0) is 0 Å². The van der Waals surface area contributed by atoms with Crippen LogP contribution in [0.2, 0.25) is 0 Å². The van der Waals surface area contributed by atoms with E-state index in [1.54, 1.807) is 6.07 Å². The molecule has 0 aliphatic rings. The van der Waals surface area contributed by atoms with Crippen molar-refractivity contribution in [2.24, 2.45) is 5.73 Å². The summed E-state index contributed by atoms with van der Waals surface area (Å²) in [5, 5.41) is 0. The van der Waals surface area contributed by atoms with Crippen LogP contribution in [0.5, 0.6) is 0 Å². The standard InChI is InChI=1S/C14H15F2NS/c1-2-4-11(17)12-7-8-13(18-12)14-9(15)5-3-6-10(14)16/h3,5-8,11H,2,4,17H2,1H3. The second-order valence-electron chi connectivity index (χ2n) is 4.19. The van der Waals surface area contributed by atoms with Crippen molar-refractivity contribution in [2.45, 2.75) is 25.8 Å². The van der Waals surface area contributed by atoms with Crippen LogP contribution in [0.15, 0.2) is 30.3 Å². The highest BCUT2D eigenvalue weighted by atomic mass is 32.1. The molecule has 96 valence electrons. The highest BCUT2D eigenvalue weighted by Crippen LogP contribution is 2.34. The van der Waals surface area contributed by atoms with Gasteiger partial charge in [-0.2, -0.15) is 0 Å². The molecule has 0 aliphatic carbocycles. The summed E-state index contributed by atoms with van der Waals surface area (Å²) in [6, 6.07) is 7.44. The van der Waals surface area contributed by atoms with Crippen molar-refractivity contribution in [3.8, 4) is 10.4 Å². The molecule has 1 aromatic heterocycles. The van der Waals surface area contributed by atoms with E-state index in [0.717, 1.165) is 17.7 Å². The average Bonchev–Trinajstić information content (AvgIpc) is 2.78. The van der Waals surface area contributed by atoms with Crippen LogP contribution in [0.1, 0.15) is 30.7 Å². The first kappa shape index (κ1) is 13.2. The van der Waals surface area contributed by atoms with Gasteiger partial charge in [0.15, 0.2) is 0 Å². The third-order valence-electron chi connectivity index (χ3n) is 2.80. The number of hydrogen-bond acceptors (Lipinski definition) is 2. The van der Waals surface area contributed by atoms with Crippen molar-refractivity contribution in [1.29, 1.82) is 0 Å². The number of benzene rings is 1. The minimum absolute atomic E-state index is 0.0393. The van der Waals surface area contributed by atoms with E-state index >= 15 is 0 Å². The molecule has 0 saturated heterocycles. The van der Waals surface area contributed by atoms with E-state index in [1.807, 2.05) is 6.07 Å². The minimum Gasteiger partial charge on any atom is -0.323 e. The van der Waals surface area contributed by atoms with Crippen LogP contribution in [0.25, 0.3) is 10.4 Å². The van der Waals surface area contributed by atoms with Gasteiger partial charge < -0.3 is 5.73 Å². The molecule has 1 atom stereocenters. The van der Waals surface area contributed by atoms with E-state index < -0.39 is 11.6 Å². The van der Waals surface area contributed by atoms with Gasteiger partial charge in [0.2, 0.25) is 0 Å². The topological polar surface area (TPSA) is 26.0 Å². The summed E-state index contributed by atoms with van der Waals surface area (Å²) in [4.78, 5) is 1.56. The molecule has 2 rings (SSSR count). The Balaban J connectivity index is 2.35. The van der Waals surface area contributed by atoms with Gasteiger partial charge in [0, 0.05) is 15.8 Å². The molecule has 4 heteroatoms. The van der Waals surface area contributed by atoms with Gasteiger partial charge in [-0.05, 0) is 30.7 Å². The molecule has 0 aliphatic heterocycles. The Labute approximate surface area is 109 Å². The molecule has 0 saturated carbocycles. The zero-order valence-corrected chi connectivity index (χ0v) is 10.9. The monoisotopic (exact) mass is 267 g/mol. The maximum atomic E-state index is 13.6. The van der Waals surface area contributed by atoms with E-state index in [4.69, 9.17) is 5.73 Å². The summed E-state index contributed by atoms with van der Waals surface area (Å²) >= 11 is 1.36. The Morgan fingerprint density at radius 1 is 1.17 bits per heavy atom. The first-order chi connectivity index (χ1) is 8.63. The van der Waals surface area contributed by atoms with Crippen LogP contribution < -0.4 is 5.73 Å². The van der Waals surface area contributed by atoms with Gasteiger partial charge in [0.25, 0.3) is 0 Å². The first-order valence-corrected chi connectivity index (χ1v) is 6.74. The third-order valence-corrected chi connectivity index (χ3v) is 4.04.